The lowest BCUT2D eigenvalue weighted by Gasteiger charge is -2.42. The summed E-state index contributed by atoms with van der Waals surface area (Å²) in [6.07, 6.45) is 4.87. The van der Waals surface area contributed by atoms with Crippen LogP contribution in [0.1, 0.15) is 44.6 Å². The summed E-state index contributed by atoms with van der Waals surface area (Å²) in [4.78, 5) is 32.2. The Labute approximate surface area is 167 Å². The van der Waals surface area contributed by atoms with Crippen molar-refractivity contribution in [3.05, 3.63) is 70.1 Å². The van der Waals surface area contributed by atoms with Crippen LogP contribution in [-0.2, 0) is 9.59 Å². The Morgan fingerprint density at radius 2 is 1.85 bits per heavy atom. The number of carbonyl (C=O) groups is 2. The van der Waals surface area contributed by atoms with Gasteiger partial charge in [-0.05, 0) is 41.7 Å². The van der Waals surface area contributed by atoms with Gasteiger partial charge >= 0.3 is 0 Å². The highest BCUT2D eigenvalue weighted by Gasteiger charge is 2.44. The third kappa shape index (κ3) is 3.36. The molecule has 4 rings (SSSR count). The summed E-state index contributed by atoms with van der Waals surface area (Å²) in [5, 5.41) is 0. The number of amides is 1. The number of Topliss-reactive ketones (excluding diaryl/α,β-unsaturated/α-hetero) is 1. The number of halogens is 1. The first-order valence-electron chi connectivity index (χ1n) is 9.10. The Morgan fingerprint density at radius 1 is 1.11 bits per heavy atom. The summed E-state index contributed by atoms with van der Waals surface area (Å²) in [5.74, 6) is -0.0205. The maximum atomic E-state index is 13.2. The van der Waals surface area contributed by atoms with Gasteiger partial charge in [-0.25, -0.2) is 0 Å². The van der Waals surface area contributed by atoms with Crippen LogP contribution in [0.5, 0.6) is 0 Å². The molecular weight excluding hydrogens is 404 g/mol. The maximum Gasteiger partial charge on any atom is 0.232 e. The second-order valence-corrected chi connectivity index (χ2v) is 8.97. The highest BCUT2D eigenvalue weighted by atomic mass is 79.9. The molecule has 0 N–H and O–H groups in total. The van der Waals surface area contributed by atoms with Crippen molar-refractivity contribution in [2.75, 3.05) is 4.90 Å². The molecule has 4 nitrogen and oxygen atoms in total. The van der Waals surface area contributed by atoms with Crippen molar-refractivity contribution in [3.63, 3.8) is 0 Å². The van der Waals surface area contributed by atoms with Crippen LogP contribution in [0.3, 0.4) is 0 Å². The molecule has 0 saturated heterocycles. The largest absolute Gasteiger partial charge is 0.294 e. The zero-order valence-electron chi connectivity index (χ0n) is 15.4. The van der Waals surface area contributed by atoms with E-state index in [-0.39, 0.29) is 23.0 Å². The Bertz CT molecular complexity index is 933. The highest BCUT2D eigenvalue weighted by molar-refractivity contribution is 9.10. The monoisotopic (exact) mass is 424 g/mol. The molecule has 1 amide bonds. The van der Waals surface area contributed by atoms with Crippen LogP contribution < -0.4 is 4.90 Å². The molecular formula is C22H21BrN2O2. The molecule has 0 saturated carbocycles. The summed E-state index contributed by atoms with van der Waals surface area (Å²) in [7, 11) is 0. The second-order valence-electron chi connectivity index (χ2n) is 8.05. The Morgan fingerprint density at radius 3 is 2.52 bits per heavy atom. The molecule has 1 aromatic carbocycles. The normalized spacial score (nSPS) is 22.0. The third-order valence-corrected chi connectivity index (χ3v) is 5.85. The SMILES string of the molecule is CC1(C)CC(=O)C2=C(C1)N(c1cccnc1)C(=O)CC2c1ccc(Br)cc1. The molecule has 1 aliphatic carbocycles. The number of aromatic nitrogens is 1. The standard InChI is InChI=1S/C22H21BrN2O2/c1-22(2)11-18-21(19(26)12-22)17(14-5-7-15(23)8-6-14)10-20(27)25(18)16-4-3-9-24-13-16/h3-9,13,17H,10-12H2,1-2H3. The van der Waals surface area contributed by atoms with Gasteiger partial charge < -0.3 is 0 Å². The first kappa shape index (κ1) is 18.1. The molecule has 5 heteroatoms. The molecule has 0 bridgehead atoms. The number of hydrogen-bond donors (Lipinski definition) is 0. The van der Waals surface area contributed by atoms with Gasteiger partial charge in [0.05, 0.1) is 11.9 Å². The van der Waals surface area contributed by atoms with E-state index >= 15 is 0 Å². The van der Waals surface area contributed by atoms with Crippen LogP contribution in [0.25, 0.3) is 0 Å². The van der Waals surface area contributed by atoms with E-state index in [2.05, 4.69) is 34.8 Å². The van der Waals surface area contributed by atoms with Crippen LogP contribution >= 0.6 is 15.9 Å². The topological polar surface area (TPSA) is 50.3 Å². The molecule has 138 valence electrons. The zero-order chi connectivity index (χ0) is 19.2. The first-order valence-corrected chi connectivity index (χ1v) is 9.90. The van der Waals surface area contributed by atoms with E-state index in [1.54, 1.807) is 17.3 Å². The van der Waals surface area contributed by atoms with Crippen molar-refractivity contribution in [2.45, 2.75) is 39.0 Å². The van der Waals surface area contributed by atoms with Crippen molar-refractivity contribution < 1.29 is 9.59 Å². The number of nitrogens with zero attached hydrogens (tertiary/aromatic N) is 2. The van der Waals surface area contributed by atoms with Gasteiger partial charge in [0, 0.05) is 40.7 Å². The minimum Gasteiger partial charge on any atom is -0.294 e. The summed E-state index contributed by atoms with van der Waals surface area (Å²) in [5.41, 5.74) is 3.21. The first-order chi connectivity index (χ1) is 12.9. The molecule has 27 heavy (non-hydrogen) atoms. The molecule has 2 aromatic rings. The van der Waals surface area contributed by atoms with Gasteiger partial charge in [0.15, 0.2) is 5.78 Å². The Kier molecular flexibility index (Phi) is 4.50. The predicted octanol–water partition coefficient (Wildman–Crippen LogP) is 5.01. The van der Waals surface area contributed by atoms with Crippen molar-refractivity contribution in [1.82, 2.24) is 4.98 Å². The zero-order valence-corrected chi connectivity index (χ0v) is 17.0. The molecule has 2 heterocycles. The number of ketones is 1. The lowest BCUT2D eigenvalue weighted by Crippen LogP contribution is -2.43. The molecule has 1 aliphatic heterocycles. The lowest BCUT2D eigenvalue weighted by atomic mass is 9.69. The predicted molar refractivity (Wildman–Crippen MR) is 108 cm³/mol. The molecule has 0 fully saturated rings. The number of rotatable bonds is 2. The fraction of sp³-hybridized carbons (Fsp3) is 0.318. The number of carbonyl (C=O) groups excluding carboxylic acids is 2. The fourth-order valence-electron chi connectivity index (χ4n) is 4.18. The number of hydrogen-bond acceptors (Lipinski definition) is 3. The van der Waals surface area contributed by atoms with Gasteiger partial charge in [-0.1, -0.05) is 41.9 Å². The van der Waals surface area contributed by atoms with E-state index in [1.807, 2.05) is 36.4 Å². The summed E-state index contributed by atoms with van der Waals surface area (Å²) in [6, 6.07) is 11.6. The smallest absolute Gasteiger partial charge is 0.232 e. The molecule has 1 unspecified atom stereocenters. The van der Waals surface area contributed by atoms with Crippen LogP contribution in [0.4, 0.5) is 5.69 Å². The van der Waals surface area contributed by atoms with E-state index in [0.717, 1.165) is 27.0 Å². The number of anilines is 1. The molecule has 1 atom stereocenters. The maximum absolute atomic E-state index is 13.2. The number of pyridine rings is 1. The fourth-order valence-corrected chi connectivity index (χ4v) is 4.45. The van der Waals surface area contributed by atoms with Crippen molar-refractivity contribution in [1.29, 1.82) is 0 Å². The Balaban J connectivity index is 1.89. The van der Waals surface area contributed by atoms with Crippen molar-refractivity contribution in [3.8, 4) is 0 Å². The molecule has 0 spiro atoms. The van der Waals surface area contributed by atoms with E-state index in [0.29, 0.717) is 19.3 Å². The summed E-state index contributed by atoms with van der Waals surface area (Å²) >= 11 is 3.46. The molecule has 0 radical (unpaired) electrons. The van der Waals surface area contributed by atoms with Crippen LogP contribution in [0.15, 0.2) is 64.5 Å². The minimum atomic E-state index is -0.183. The average molecular weight is 425 g/mol. The van der Waals surface area contributed by atoms with Crippen LogP contribution in [0, 0.1) is 5.41 Å². The second kappa shape index (κ2) is 6.71. The number of allylic oxidation sites excluding steroid dienone is 2. The Hall–Kier alpha value is -2.27. The third-order valence-electron chi connectivity index (χ3n) is 5.32. The quantitative estimate of drug-likeness (QED) is 0.680. The van der Waals surface area contributed by atoms with Crippen molar-refractivity contribution >= 4 is 33.3 Å². The van der Waals surface area contributed by atoms with Gasteiger partial charge in [0.25, 0.3) is 0 Å². The lowest BCUT2D eigenvalue weighted by molar-refractivity contribution is -0.121. The van der Waals surface area contributed by atoms with E-state index in [4.69, 9.17) is 0 Å². The van der Waals surface area contributed by atoms with Crippen LogP contribution in [0.2, 0.25) is 0 Å². The van der Waals surface area contributed by atoms with Crippen molar-refractivity contribution in [2.24, 2.45) is 5.41 Å². The van der Waals surface area contributed by atoms with Gasteiger partial charge in [0.2, 0.25) is 5.91 Å². The van der Waals surface area contributed by atoms with E-state index in [9.17, 15) is 9.59 Å². The van der Waals surface area contributed by atoms with Gasteiger partial charge in [0.1, 0.15) is 0 Å². The van der Waals surface area contributed by atoms with Gasteiger partial charge in [-0.3, -0.25) is 19.5 Å². The molecule has 2 aliphatic rings. The summed E-state index contributed by atoms with van der Waals surface area (Å²) < 4.78 is 0.982. The van der Waals surface area contributed by atoms with Gasteiger partial charge in [-0.2, -0.15) is 0 Å². The van der Waals surface area contributed by atoms with Crippen LogP contribution in [-0.4, -0.2) is 16.7 Å². The summed E-state index contributed by atoms with van der Waals surface area (Å²) in [6.45, 7) is 4.17. The highest BCUT2D eigenvalue weighted by Crippen LogP contribution is 2.48. The minimum absolute atomic E-state index is 0.0140. The van der Waals surface area contributed by atoms with E-state index in [1.165, 1.54) is 0 Å². The van der Waals surface area contributed by atoms with Gasteiger partial charge in [-0.15, -0.1) is 0 Å². The molecule has 1 aromatic heterocycles. The van der Waals surface area contributed by atoms with E-state index < -0.39 is 0 Å². The average Bonchev–Trinajstić information content (AvgIpc) is 2.61. The number of benzene rings is 1.